The largest absolute Gasteiger partial charge is 0.306 e. The lowest BCUT2D eigenvalue weighted by atomic mass is 10.1. The van der Waals surface area contributed by atoms with Crippen LogP contribution in [-0.2, 0) is 13.1 Å². The first-order chi connectivity index (χ1) is 9.43. The van der Waals surface area contributed by atoms with Crippen LogP contribution in [0.25, 0.3) is 11.3 Å². The second-order valence-corrected chi connectivity index (χ2v) is 5.02. The summed E-state index contributed by atoms with van der Waals surface area (Å²) in [4.78, 5) is 8.36. The van der Waals surface area contributed by atoms with Crippen molar-refractivity contribution in [2.24, 2.45) is 0 Å². The Kier molecular flexibility index (Phi) is 3.62. The molecule has 0 saturated carbocycles. The molecular weight excluding hydrogens is 258 g/mol. The molecule has 3 aromatic heterocycles. The number of thiazole rings is 1. The fraction of sp³-hybridized carbons (Fsp3) is 0.154. The molecule has 96 valence electrons. The molecule has 0 bridgehead atoms. The third-order valence-corrected chi connectivity index (χ3v) is 3.52. The Morgan fingerprint density at radius 3 is 3.00 bits per heavy atom. The molecule has 0 spiro atoms. The van der Waals surface area contributed by atoms with Crippen molar-refractivity contribution in [3.05, 3.63) is 52.9 Å². The smallest absolute Gasteiger partial charge is 0.106 e. The van der Waals surface area contributed by atoms with Crippen molar-refractivity contribution in [3.63, 3.8) is 0 Å². The van der Waals surface area contributed by atoms with Gasteiger partial charge in [-0.1, -0.05) is 0 Å². The van der Waals surface area contributed by atoms with Crippen molar-refractivity contribution >= 4 is 11.3 Å². The lowest BCUT2D eigenvalue weighted by molar-refractivity contribution is 0.691. The van der Waals surface area contributed by atoms with Gasteiger partial charge in [0.15, 0.2) is 0 Å². The predicted molar refractivity (Wildman–Crippen MR) is 74.5 cm³/mol. The van der Waals surface area contributed by atoms with Gasteiger partial charge in [0.25, 0.3) is 0 Å². The maximum atomic E-state index is 4.24. The minimum atomic E-state index is 0.750. The molecule has 0 atom stereocenters. The topological polar surface area (TPSA) is 66.5 Å². The van der Waals surface area contributed by atoms with Gasteiger partial charge < -0.3 is 5.32 Å². The third-order valence-electron chi connectivity index (χ3n) is 2.74. The Labute approximate surface area is 114 Å². The molecule has 0 aromatic carbocycles. The zero-order valence-electron chi connectivity index (χ0n) is 10.2. The van der Waals surface area contributed by atoms with Gasteiger partial charge in [-0.05, 0) is 12.1 Å². The normalized spacial score (nSPS) is 10.7. The summed E-state index contributed by atoms with van der Waals surface area (Å²) < 4.78 is 0. The molecule has 5 nitrogen and oxygen atoms in total. The molecular formula is C13H13N5S. The first kappa shape index (κ1) is 12.0. The second kappa shape index (κ2) is 5.73. The number of pyridine rings is 1. The van der Waals surface area contributed by atoms with E-state index in [1.807, 2.05) is 36.1 Å². The molecule has 0 amide bonds. The van der Waals surface area contributed by atoms with Crippen LogP contribution in [0.5, 0.6) is 0 Å². The summed E-state index contributed by atoms with van der Waals surface area (Å²) in [7, 11) is 0. The first-order valence-corrected chi connectivity index (χ1v) is 6.83. The van der Waals surface area contributed by atoms with E-state index in [-0.39, 0.29) is 0 Å². The molecule has 19 heavy (non-hydrogen) atoms. The summed E-state index contributed by atoms with van der Waals surface area (Å²) in [5.74, 6) is 0. The van der Waals surface area contributed by atoms with E-state index in [0.29, 0.717) is 0 Å². The molecule has 0 saturated heterocycles. The van der Waals surface area contributed by atoms with Gasteiger partial charge in [0.1, 0.15) is 5.01 Å². The van der Waals surface area contributed by atoms with Gasteiger partial charge in [-0.2, -0.15) is 5.10 Å². The molecule has 6 heteroatoms. The number of H-pyrrole nitrogens is 1. The first-order valence-electron chi connectivity index (χ1n) is 5.95. The summed E-state index contributed by atoms with van der Waals surface area (Å²) in [6.07, 6.45) is 7.26. The van der Waals surface area contributed by atoms with E-state index in [1.54, 1.807) is 17.5 Å². The molecule has 3 heterocycles. The van der Waals surface area contributed by atoms with E-state index in [4.69, 9.17) is 0 Å². The van der Waals surface area contributed by atoms with Crippen LogP contribution in [0.3, 0.4) is 0 Å². The van der Waals surface area contributed by atoms with Crippen LogP contribution in [0.2, 0.25) is 0 Å². The van der Waals surface area contributed by atoms with E-state index in [1.165, 1.54) is 0 Å². The van der Waals surface area contributed by atoms with Crippen molar-refractivity contribution in [2.75, 3.05) is 0 Å². The van der Waals surface area contributed by atoms with Gasteiger partial charge in [0.2, 0.25) is 0 Å². The second-order valence-electron chi connectivity index (χ2n) is 4.04. The van der Waals surface area contributed by atoms with Gasteiger partial charge in [0.05, 0.1) is 11.9 Å². The molecule has 0 aliphatic carbocycles. The SMILES string of the molecule is c1cncc(-c2[nH]ncc2CNCc2nccs2)c1. The van der Waals surface area contributed by atoms with Crippen molar-refractivity contribution in [1.29, 1.82) is 0 Å². The molecule has 0 fully saturated rings. The van der Waals surface area contributed by atoms with Crippen LogP contribution < -0.4 is 5.32 Å². The standard InChI is InChI=1S/C13H13N5S/c1-2-10(6-14-3-1)13-11(8-17-18-13)7-15-9-12-16-4-5-19-12/h1-6,8,15H,7,9H2,(H,17,18). The summed E-state index contributed by atoms with van der Waals surface area (Å²) in [6, 6.07) is 3.94. The Bertz CT molecular complexity index is 618. The van der Waals surface area contributed by atoms with Crippen molar-refractivity contribution in [2.45, 2.75) is 13.1 Å². The number of aromatic amines is 1. The Hall–Kier alpha value is -2.05. The molecule has 3 aromatic rings. The average molecular weight is 271 g/mol. The molecule has 0 radical (unpaired) electrons. The van der Waals surface area contributed by atoms with Crippen LogP contribution in [0.1, 0.15) is 10.6 Å². The minimum Gasteiger partial charge on any atom is -0.306 e. The zero-order chi connectivity index (χ0) is 12.9. The highest BCUT2D eigenvalue weighted by atomic mass is 32.1. The van der Waals surface area contributed by atoms with Crippen LogP contribution in [0.15, 0.2) is 42.3 Å². The minimum absolute atomic E-state index is 0.750. The van der Waals surface area contributed by atoms with Gasteiger partial charge in [-0.3, -0.25) is 10.1 Å². The predicted octanol–water partition coefficient (Wildman–Crippen LogP) is 2.22. The van der Waals surface area contributed by atoms with Crippen molar-refractivity contribution < 1.29 is 0 Å². The van der Waals surface area contributed by atoms with Crippen LogP contribution in [-0.4, -0.2) is 20.2 Å². The molecule has 2 N–H and O–H groups in total. The number of rotatable bonds is 5. The highest BCUT2D eigenvalue weighted by molar-refractivity contribution is 7.09. The Balaban J connectivity index is 1.67. The molecule has 0 aliphatic heterocycles. The van der Waals surface area contributed by atoms with E-state index in [2.05, 4.69) is 25.5 Å². The zero-order valence-corrected chi connectivity index (χ0v) is 11.0. The highest BCUT2D eigenvalue weighted by Gasteiger charge is 2.07. The Morgan fingerprint density at radius 2 is 2.21 bits per heavy atom. The van der Waals surface area contributed by atoms with Crippen LogP contribution >= 0.6 is 11.3 Å². The van der Waals surface area contributed by atoms with Gasteiger partial charge >= 0.3 is 0 Å². The number of aromatic nitrogens is 4. The molecule has 0 aliphatic rings. The summed E-state index contributed by atoms with van der Waals surface area (Å²) in [6.45, 7) is 1.52. The number of hydrogen-bond donors (Lipinski definition) is 2. The fourth-order valence-corrected chi connectivity index (χ4v) is 2.44. The monoisotopic (exact) mass is 271 g/mol. The maximum Gasteiger partial charge on any atom is 0.106 e. The quantitative estimate of drug-likeness (QED) is 0.746. The lowest BCUT2D eigenvalue weighted by Crippen LogP contribution is -2.12. The highest BCUT2D eigenvalue weighted by Crippen LogP contribution is 2.19. The average Bonchev–Trinajstić information content (AvgIpc) is 3.11. The van der Waals surface area contributed by atoms with Gasteiger partial charge in [-0.15, -0.1) is 11.3 Å². The van der Waals surface area contributed by atoms with E-state index < -0.39 is 0 Å². The Morgan fingerprint density at radius 1 is 1.21 bits per heavy atom. The van der Waals surface area contributed by atoms with E-state index >= 15 is 0 Å². The maximum absolute atomic E-state index is 4.24. The third kappa shape index (κ3) is 2.86. The number of nitrogens with zero attached hydrogens (tertiary/aromatic N) is 3. The van der Waals surface area contributed by atoms with E-state index in [9.17, 15) is 0 Å². The van der Waals surface area contributed by atoms with Gasteiger partial charge in [0, 0.05) is 48.2 Å². The summed E-state index contributed by atoms with van der Waals surface area (Å²) in [5, 5.41) is 13.6. The van der Waals surface area contributed by atoms with Crippen LogP contribution in [0.4, 0.5) is 0 Å². The van der Waals surface area contributed by atoms with Gasteiger partial charge in [-0.25, -0.2) is 4.98 Å². The van der Waals surface area contributed by atoms with E-state index in [0.717, 1.165) is 34.9 Å². The lowest BCUT2D eigenvalue weighted by Gasteiger charge is -2.04. The molecule has 3 rings (SSSR count). The van der Waals surface area contributed by atoms with Crippen molar-refractivity contribution in [1.82, 2.24) is 25.5 Å². The van der Waals surface area contributed by atoms with Crippen LogP contribution in [0, 0.1) is 0 Å². The summed E-state index contributed by atoms with van der Waals surface area (Å²) >= 11 is 1.65. The summed E-state index contributed by atoms with van der Waals surface area (Å²) in [5.41, 5.74) is 3.19. The van der Waals surface area contributed by atoms with Crippen molar-refractivity contribution in [3.8, 4) is 11.3 Å². The number of hydrogen-bond acceptors (Lipinski definition) is 5. The molecule has 0 unspecified atom stereocenters. The number of nitrogens with one attached hydrogen (secondary N) is 2. The fourth-order valence-electron chi connectivity index (χ4n) is 1.85.